The monoisotopic (exact) mass is 422 g/mol. The van der Waals surface area contributed by atoms with Crippen molar-refractivity contribution >= 4 is 16.9 Å². The molecule has 1 aliphatic heterocycles. The lowest BCUT2D eigenvalue weighted by atomic mass is 10.1. The molecule has 6 heteroatoms. The quantitative estimate of drug-likeness (QED) is 0.419. The minimum absolute atomic E-state index is 0.218. The molecule has 2 aromatic carbocycles. The summed E-state index contributed by atoms with van der Waals surface area (Å²) >= 11 is 0. The number of aliphatic imine (C=N–C) groups is 1. The highest BCUT2D eigenvalue weighted by Gasteiger charge is 2.25. The summed E-state index contributed by atoms with van der Waals surface area (Å²) in [4.78, 5) is 10.4. The molecule has 5 nitrogen and oxygen atoms in total. The third-order valence-corrected chi connectivity index (χ3v) is 5.76. The summed E-state index contributed by atoms with van der Waals surface area (Å²) < 4.78 is 19.3. The van der Waals surface area contributed by atoms with Crippen molar-refractivity contribution in [3.63, 3.8) is 0 Å². The molecule has 1 fully saturated rings. The minimum atomic E-state index is -0.218. The van der Waals surface area contributed by atoms with Gasteiger partial charge in [-0.3, -0.25) is 4.99 Å². The Kier molecular flexibility index (Phi) is 7.20. The number of fused-ring (bicyclic) bond motifs is 1. The van der Waals surface area contributed by atoms with E-state index in [1.165, 1.54) is 23.3 Å². The molecule has 1 saturated heterocycles. The number of nitrogens with one attached hydrogen (secondary N) is 2. The molecule has 1 atom stereocenters. The van der Waals surface area contributed by atoms with Gasteiger partial charge < -0.3 is 19.9 Å². The van der Waals surface area contributed by atoms with Crippen LogP contribution in [0.2, 0.25) is 0 Å². The summed E-state index contributed by atoms with van der Waals surface area (Å²) in [6, 6.07) is 15.2. The first-order valence-corrected chi connectivity index (χ1v) is 11.1. The van der Waals surface area contributed by atoms with Crippen molar-refractivity contribution in [2.45, 2.75) is 26.4 Å². The first kappa shape index (κ1) is 21.4. The zero-order valence-electron chi connectivity index (χ0n) is 18.1. The Hall–Kier alpha value is -2.86. The number of likely N-dealkylation sites (tertiary alicyclic amines) is 1. The maximum Gasteiger partial charge on any atom is 0.193 e. The average molecular weight is 423 g/mol. The summed E-state index contributed by atoms with van der Waals surface area (Å²) in [5, 5.41) is 4.50. The molecule has 0 bridgehead atoms. The van der Waals surface area contributed by atoms with Gasteiger partial charge in [0.15, 0.2) is 5.96 Å². The predicted molar refractivity (Wildman–Crippen MR) is 124 cm³/mol. The third-order valence-electron chi connectivity index (χ3n) is 5.76. The van der Waals surface area contributed by atoms with Gasteiger partial charge in [0.1, 0.15) is 5.82 Å². The van der Waals surface area contributed by atoms with Crippen LogP contribution in [0.25, 0.3) is 10.9 Å². The molecule has 2 heterocycles. The number of aromatic amines is 1. The molecule has 0 spiro atoms. The van der Waals surface area contributed by atoms with Crippen LogP contribution in [0.4, 0.5) is 4.39 Å². The van der Waals surface area contributed by atoms with E-state index in [2.05, 4.69) is 34.3 Å². The van der Waals surface area contributed by atoms with Gasteiger partial charge in [0.05, 0.1) is 13.2 Å². The summed E-state index contributed by atoms with van der Waals surface area (Å²) in [5.41, 5.74) is 3.22. The molecule has 3 aromatic rings. The first-order chi connectivity index (χ1) is 15.2. The summed E-state index contributed by atoms with van der Waals surface area (Å²) in [5.74, 6) is 1.28. The van der Waals surface area contributed by atoms with Gasteiger partial charge in [-0.15, -0.1) is 0 Å². The second-order valence-corrected chi connectivity index (χ2v) is 8.09. The highest BCUT2D eigenvalue weighted by atomic mass is 19.1. The Morgan fingerprint density at radius 3 is 2.97 bits per heavy atom. The molecule has 164 valence electrons. The molecule has 1 aromatic heterocycles. The smallest absolute Gasteiger partial charge is 0.193 e. The molecule has 31 heavy (non-hydrogen) atoms. The van der Waals surface area contributed by atoms with Crippen molar-refractivity contribution in [2.24, 2.45) is 10.9 Å². The van der Waals surface area contributed by atoms with E-state index in [1.54, 1.807) is 0 Å². The second kappa shape index (κ2) is 10.4. The number of hydrogen-bond acceptors (Lipinski definition) is 2. The third kappa shape index (κ3) is 5.64. The van der Waals surface area contributed by atoms with Gasteiger partial charge in [-0.25, -0.2) is 4.39 Å². The van der Waals surface area contributed by atoms with E-state index in [4.69, 9.17) is 9.73 Å². The fourth-order valence-corrected chi connectivity index (χ4v) is 4.15. The molecule has 0 radical (unpaired) electrons. The fraction of sp³-hybridized carbons (Fsp3) is 0.400. The summed E-state index contributed by atoms with van der Waals surface area (Å²) in [6.07, 6.45) is 3.90. The van der Waals surface area contributed by atoms with Gasteiger partial charge in [-0.1, -0.05) is 30.3 Å². The van der Waals surface area contributed by atoms with Crippen LogP contribution in [0.5, 0.6) is 0 Å². The van der Waals surface area contributed by atoms with Crippen LogP contribution in [0.3, 0.4) is 0 Å². The molecule has 1 aliphatic rings. The Bertz CT molecular complexity index is 1000. The van der Waals surface area contributed by atoms with E-state index >= 15 is 0 Å². The van der Waals surface area contributed by atoms with Crippen molar-refractivity contribution < 1.29 is 9.13 Å². The van der Waals surface area contributed by atoms with Gasteiger partial charge in [0.25, 0.3) is 0 Å². The average Bonchev–Trinajstić information content (AvgIpc) is 3.41. The highest BCUT2D eigenvalue weighted by Crippen LogP contribution is 2.20. The lowest BCUT2D eigenvalue weighted by Gasteiger charge is -2.21. The maximum absolute atomic E-state index is 13.4. The van der Waals surface area contributed by atoms with Crippen molar-refractivity contribution in [1.29, 1.82) is 0 Å². The number of rotatable bonds is 8. The number of H-pyrrole nitrogens is 1. The van der Waals surface area contributed by atoms with Gasteiger partial charge in [-0.2, -0.15) is 0 Å². The number of halogens is 1. The molecule has 1 unspecified atom stereocenters. The first-order valence-electron chi connectivity index (χ1n) is 11.1. The number of ether oxygens (including phenoxy) is 1. The van der Waals surface area contributed by atoms with Crippen LogP contribution >= 0.6 is 0 Å². The normalized spacial score (nSPS) is 16.9. The van der Waals surface area contributed by atoms with Gasteiger partial charge in [-0.05, 0) is 49.1 Å². The van der Waals surface area contributed by atoms with E-state index in [0.29, 0.717) is 19.1 Å². The SMILES string of the molecule is CCNC(=NCCc1c[nH]c2cc(F)ccc12)N1CCC(COCc2ccccc2)C1. The lowest BCUT2D eigenvalue weighted by molar-refractivity contribution is 0.0907. The molecular weight excluding hydrogens is 391 g/mol. The van der Waals surface area contributed by atoms with Crippen LogP contribution in [0.15, 0.2) is 59.7 Å². The van der Waals surface area contributed by atoms with Crippen molar-refractivity contribution in [2.75, 3.05) is 32.8 Å². The zero-order chi connectivity index (χ0) is 21.5. The fourth-order valence-electron chi connectivity index (χ4n) is 4.15. The second-order valence-electron chi connectivity index (χ2n) is 8.09. The molecule has 2 N–H and O–H groups in total. The largest absolute Gasteiger partial charge is 0.376 e. The molecule has 0 amide bonds. The molecule has 0 aliphatic carbocycles. The van der Waals surface area contributed by atoms with Gasteiger partial charge >= 0.3 is 0 Å². The van der Waals surface area contributed by atoms with Crippen molar-refractivity contribution in [3.05, 3.63) is 71.7 Å². The van der Waals surface area contributed by atoms with E-state index in [0.717, 1.165) is 55.9 Å². The molecular formula is C25H31FN4O. The van der Waals surface area contributed by atoms with E-state index in [1.807, 2.05) is 30.5 Å². The number of hydrogen-bond donors (Lipinski definition) is 2. The number of guanidine groups is 1. The standard InChI is InChI=1S/C25H31FN4O/c1-2-27-25(28-12-10-21-15-29-24-14-22(26)8-9-23(21)24)30-13-11-20(16-30)18-31-17-19-6-4-3-5-7-19/h3-9,14-15,20,29H,2,10-13,16-18H2,1H3,(H,27,28). The Balaban J connectivity index is 1.29. The zero-order valence-corrected chi connectivity index (χ0v) is 18.1. The van der Waals surface area contributed by atoms with Crippen molar-refractivity contribution in [3.8, 4) is 0 Å². The van der Waals surface area contributed by atoms with Gasteiger partial charge in [0, 0.05) is 49.2 Å². The van der Waals surface area contributed by atoms with Crippen LogP contribution in [0, 0.1) is 11.7 Å². The lowest BCUT2D eigenvalue weighted by Crippen LogP contribution is -2.40. The molecule has 0 saturated carbocycles. The van der Waals surface area contributed by atoms with Crippen LogP contribution in [0.1, 0.15) is 24.5 Å². The Morgan fingerprint density at radius 1 is 1.26 bits per heavy atom. The van der Waals surface area contributed by atoms with E-state index < -0.39 is 0 Å². The minimum Gasteiger partial charge on any atom is -0.376 e. The van der Waals surface area contributed by atoms with E-state index in [9.17, 15) is 4.39 Å². The summed E-state index contributed by atoms with van der Waals surface area (Å²) in [6.45, 7) is 7.04. The number of benzene rings is 2. The van der Waals surface area contributed by atoms with Crippen molar-refractivity contribution in [1.82, 2.24) is 15.2 Å². The van der Waals surface area contributed by atoms with Crippen LogP contribution in [-0.2, 0) is 17.8 Å². The Morgan fingerprint density at radius 2 is 2.13 bits per heavy atom. The highest BCUT2D eigenvalue weighted by molar-refractivity contribution is 5.83. The predicted octanol–water partition coefficient (Wildman–Crippen LogP) is 4.35. The summed E-state index contributed by atoms with van der Waals surface area (Å²) in [7, 11) is 0. The van der Waals surface area contributed by atoms with Crippen LogP contribution < -0.4 is 5.32 Å². The van der Waals surface area contributed by atoms with Gasteiger partial charge in [0.2, 0.25) is 0 Å². The van der Waals surface area contributed by atoms with E-state index in [-0.39, 0.29) is 5.82 Å². The maximum atomic E-state index is 13.4. The Labute approximate surface area is 183 Å². The van der Waals surface area contributed by atoms with Crippen LogP contribution in [-0.4, -0.2) is 48.6 Å². The topological polar surface area (TPSA) is 52.7 Å². The number of aromatic nitrogens is 1. The molecule has 4 rings (SSSR count). The number of nitrogens with zero attached hydrogens (tertiary/aromatic N) is 2.